The van der Waals surface area contributed by atoms with Gasteiger partial charge in [0.1, 0.15) is 16.1 Å². The maximum absolute atomic E-state index is 13.7. The number of nitrogens with zero attached hydrogens (tertiary/aromatic N) is 1. The van der Waals surface area contributed by atoms with Gasteiger partial charge in [0.15, 0.2) is 0 Å². The first kappa shape index (κ1) is 14.1. The number of carbonyl (C=O) groups excluding carboxylic acids is 1. The van der Waals surface area contributed by atoms with E-state index in [0.717, 1.165) is 6.07 Å². The number of carboxylic acid groups (broad SMARTS) is 1. The predicted octanol–water partition coefficient (Wildman–Crippen LogP) is 2.93. The van der Waals surface area contributed by atoms with E-state index in [2.05, 4.69) is 26.2 Å². The van der Waals surface area contributed by atoms with E-state index in [9.17, 15) is 14.0 Å². The molecule has 0 atom stereocenters. The van der Waals surface area contributed by atoms with Gasteiger partial charge in [-0.05, 0) is 40.2 Å². The first-order chi connectivity index (χ1) is 9.49. The minimum atomic E-state index is -1.33. The third-order valence-electron chi connectivity index (χ3n) is 2.43. The van der Waals surface area contributed by atoms with Crippen LogP contribution in [0.1, 0.15) is 20.8 Å². The molecule has 0 spiro atoms. The van der Waals surface area contributed by atoms with Gasteiger partial charge in [-0.15, -0.1) is 0 Å². The van der Waals surface area contributed by atoms with Gasteiger partial charge in [0, 0.05) is 0 Å². The van der Waals surface area contributed by atoms with Crippen molar-refractivity contribution < 1.29 is 19.1 Å². The molecule has 2 N–H and O–H groups in total. The normalized spacial score (nSPS) is 10.1. The zero-order valence-corrected chi connectivity index (χ0v) is 11.5. The van der Waals surface area contributed by atoms with E-state index in [1.165, 1.54) is 18.2 Å². The number of rotatable bonds is 3. The number of hydrogen-bond donors (Lipinski definition) is 2. The summed E-state index contributed by atoms with van der Waals surface area (Å²) in [6, 6.07) is 8.17. The van der Waals surface area contributed by atoms with Crippen LogP contribution < -0.4 is 5.32 Å². The molecule has 5 nitrogen and oxygen atoms in total. The van der Waals surface area contributed by atoms with Crippen molar-refractivity contribution in [2.24, 2.45) is 0 Å². The summed E-state index contributed by atoms with van der Waals surface area (Å²) in [5.74, 6) is -2.85. The molecule has 0 aliphatic heterocycles. The van der Waals surface area contributed by atoms with E-state index in [1.54, 1.807) is 12.1 Å². The van der Waals surface area contributed by atoms with Crippen LogP contribution in [0.2, 0.25) is 0 Å². The van der Waals surface area contributed by atoms with Crippen LogP contribution in [0.25, 0.3) is 0 Å². The van der Waals surface area contributed by atoms with Crippen LogP contribution in [0.3, 0.4) is 0 Å². The highest BCUT2D eigenvalue weighted by Gasteiger charge is 2.17. The minimum absolute atomic E-state index is 0.0407. The molecule has 0 fully saturated rings. The number of hydrogen-bond acceptors (Lipinski definition) is 3. The van der Waals surface area contributed by atoms with E-state index in [0.29, 0.717) is 4.60 Å². The summed E-state index contributed by atoms with van der Waals surface area (Å²) in [7, 11) is 0. The molecule has 1 heterocycles. The van der Waals surface area contributed by atoms with E-state index < -0.39 is 17.7 Å². The second-order valence-electron chi connectivity index (χ2n) is 3.77. The lowest BCUT2D eigenvalue weighted by Gasteiger charge is -2.09. The van der Waals surface area contributed by atoms with Crippen molar-refractivity contribution in [3.8, 4) is 0 Å². The maximum atomic E-state index is 13.7. The number of carboxylic acids is 1. The summed E-state index contributed by atoms with van der Waals surface area (Å²) < 4.78 is 14.1. The van der Waals surface area contributed by atoms with Gasteiger partial charge in [0.25, 0.3) is 5.91 Å². The van der Waals surface area contributed by atoms with Crippen LogP contribution in [0.15, 0.2) is 41.0 Å². The summed E-state index contributed by atoms with van der Waals surface area (Å²) in [6.07, 6.45) is 0. The molecule has 0 bridgehead atoms. The van der Waals surface area contributed by atoms with Crippen molar-refractivity contribution in [2.75, 3.05) is 5.32 Å². The molecule has 102 valence electrons. The number of benzene rings is 1. The first-order valence-electron chi connectivity index (χ1n) is 5.45. The maximum Gasteiger partial charge on any atom is 0.337 e. The van der Waals surface area contributed by atoms with E-state index in [1.807, 2.05) is 0 Å². The largest absolute Gasteiger partial charge is 0.478 e. The molecule has 0 radical (unpaired) electrons. The zero-order valence-electron chi connectivity index (χ0n) is 9.93. The molecule has 0 unspecified atom stereocenters. The van der Waals surface area contributed by atoms with Gasteiger partial charge in [-0.3, -0.25) is 4.79 Å². The summed E-state index contributed by atoms with van der Waals surface area (Å²) in [4.78, 5) is 26.9. The minimum Gasteiger partial charge on any atom is -0.478 e. The Balaban J connectivity index is 2.35. The third kappa shape index (κ3) is 3.00. The molecular weight excluding hydrogens is 331 g/mol. The molecule has 0 saturated heterocycles. The summed E-state index contributed by atoms with van der Waals surface area (Å²) in [5, 5.41) is 11.2. The van der Waals surface area contributed by atoms with Crippen molar-refractivity contribution >= 4 is 33.5 Å². The highest BCUT2D eigenvalue weighted by molar-refractivity contribution is 9.10. The number of aromatic carboxylic acids is 1. The van der Waals surface area contributed by atoms with Gasteiger partial charge >= 0.3 is 5.97 Å². The smallest absolute Gasteiger partial charge is 0.337 e. The van der Waals surface area contributed by atoms with E-state index in [-0.39, 0.29) is 16.9 Å². The molecule has 2 rings (SSSR count). The zero-order chi connectivity index (χ0) is 14.7. The Kier molecular flexibility index (Phi) is 4.09. The van der Waals surface area contributed by atoms with Crippen LogP contribution in [0.5, 0.6) is 0 Å². The fourth-order valence-electron chi connectivity index (χ4n) is 1.54. The van der Waals surface area contributed by atoms with Crippen molar-refractivity contribution in [1.29, 1.82) is 0 Å². The number of carbonyl (C=O) groups is 2. The van der Waals surface area contributed by atoms with Gasteiger partial charge < -0.3 is 10.4 Å². The van der Waals surface area contributed by atoms with Crippen LogP contribution in [0.4, 0.5) is 10.1 Å². The number of para-hydroxylation sites is 1. The molecule has 2 aromatic rings. The van der Waals surface area contributed by atoms with E-state index >= 15 is 0 Å². The fourth-order valence-corrected chi connectivity index (χ4v) is 1.89. The number of aromatic nitrogens is 1. The predicted molar refractivity (Wildman–Crippen MR) is 73.2 cm³/mol. The average molecular weight is 339 g/mol. The monoisotopic (exact) mass is 338 g/mol. The van der Waals surface area contributed by atoms with Crippen LogP contribution in [0, 0.1) is 5.82 Å². The van der Waals surface area contributed by atoms with Crippen LogP contribution >= 0.6 is 15.9 Å². The topological polar surface area (TPSA) is 79.3 Å². The van der Waals surface area contributed by atoms with Gasteiger partial charge in [-0.25, -0.2) is 14.2 Å². The summed E-state index contributed by atoms with van der Waals surface area (Å²) in [6.45, 7) is 0. The second-order valence-corrected chi connectivity index (χ2v) is 4.58. The van der Waals surface area contributed by atoms with Crippen molar-refractivity contribution in [3.63, 3.8) is 0 Å². The van der Waals surface area contributed by atoms with Gasteiger partial charge in [-0.1, -0.05) is 12.1 Å². The molecular formula is C13H8BrFN2O3. The van der Waals surface area contributed by atoms with Crippen molar-refractivity contribution in [2.45, 2.75) is 0 Å². The Morgan fingerprint density at radius 3 is 2.55 bits per heavy atom. The quantitative estimate of drug-likeness (QED) is 0.843. The summed E-state index contributed by atoms with van der Waals surface area (Å²) in [5.41, 5.74) is -0.668. The molecule has 20 heavy (non-hydrogen) atoms. The highest BCUT2D eigenvalue weighted by atomic mass is 79.9. The van der Waals surface area contributed by atoms with E-state index in [4.69, 9.17) is 5.11 Å². The van der Waals surface area contributed by atoms with Gasteiger partial charge in [-0.2, -0.15) is 0 Å². The van der Waals surface area contributed by atoms with Crippen molar-refractivity contribution in [1.82, 2.24) is 4.98 Å². The number of pyridine rings is 1. The lowest BCUT2D eigenvalue weighted by atomic mass is 10.1. The highest BCUT2D eigenvalue weighted by Crippen LogP contribution is 2.20. The molecule has 7 heteroatoms. The molecule has 1 amide bonds. The Bertz CT molecular complexity index is 691. The number of nitrogens with one attached hydrogen (secondary N) is 1. The summed E-state index contributed by atoms with van der Waals surface area (Å²) >= 11 is 3.11. The SMILES string of the molecule is O=C(Nc1c(F)cccc1C(=O)O)c1cccc(Br)n1. The lowest BCUT2D eigenvalue weighted by Crippen LogP contribution is -2.17. The second kappa shape index (κ2) is 5.79. The Labute approximate surface area is 121 Å². The van der Waals surface area contributed by atoms with Crippen LogP contribution in [-0.4, -0.2) is 22.0 Å². The number of amides is 1. The van der Waals surface area contributed by atoms with Crippen molar-refractivity contribution in [3.05, 3.63) is 58.1 Å². The Morgan fingerprint density at radius 2 is 1.90 bits per heavy atom. The average Bonchev–Trinajstić information content (AvgIpc) is 2.40. The fraction of sp³-hybridized carbons (Fsp3) is 0. The lowest BCUT2D eigenvalue weighted by molar-refractivity contribution is 0.0697. The number of halogens is 2. The Hall–Kier alpha value is -2.28. The Morgan fingerprint density at radius 1 is 1.20 bits per heavy atom. The van der Waals surface area contributed by atoms with Gasteiger partial charge in [0.05, 0.1) is 11.3 Å². The third-order valence-corrected chi connectivity index (χ3v) is 2.87. The molecule has 0 aliphatic carbocycles. The molecule has 1 aromatic heterocycles. The van der Waals surface area contributed by atoms with Gasteiger partial charge in [0.2, 0.25) is 0 Å². The number of anilines is 1. The standard InChI is InChI=1S/C13H8BrFN2O3/c14-10-6-2-5-9(16-10)12(18)17-11-7(13(19)20)3-1-4-8(11)15/h1-6H,(H,17,18)(H,19,20). The first-order valence-corrected chi connectivity index (χ1v) is 6.24. The molecule has 0 saturated carbocycles. The molecule has 0 aliphatic rings. The van der Waals surface area contributed by atoms with Crippen LogP contribution in [-0.2, 0) is 0 Å². The molecule has 1 aromatic carbocycles.